The molecule has 0 fully saturated rings. The molecule has 2 atom stereocenters. The van der Waals surface area contributed by atoms with Gasteiger partial charge in [-0.15, -0.1) is 13.2 Å². The first-order valence-corrected chi connectivity index (χ1v) is 3.70. The van der Waals surface area contributed by atoms with Crippen molar-refractivity contribution < 1.29 is 0 Å². The second-order valence-corrected chi connectivity index (χ2v) is 2.62. The summed E-state index contributed by atoms with van der Waals surface area (Å²) in [5, 5.41) is 3.34. The van der Waals surface area contributed by atoms with Crippen molar-refractivity contribution in [1.82, 2.24) is 5.32 Å². The first-order chi connectivity index (χ1) is 4.70. The molecular formula is C9H17N. The fraction of sp³-hybridized carbons (Fsp3) is 0.556. The van der Waals surface area contributed by atoms with E-state index in [1.165, 1.54) is 0 Å². The van der Waals surface area contributed by atoms with Gasteiger partial charge in [-0.05, 0) is 20.3 Å². The Bertz CT molecular complexity index is 107. The minimum Gasteiger partial charge on any atom is -0.308 e. The van der Waals surface area contributed by atoms with Crippen LogP contribution >= 0.6 is 0 Å². The van der Waals surface area contributed by atoms with Gasteiger partial charge in [0.25, 0.3) is 0 Å². The first kappa shape index (κ1) is 9.44. The number of rotatable bonds is 5. The van der Waals surface area contributed by atoms with Gasteiger partial charge in [-0.2, -0.15) is 0 Å². The largest absolute Gasteiger partial charge is 0.308 e. The summed E-state index contributed by atoms with van der Waals surface area (Å²) in [5.41, 5.74) is 0. The van der Waals surface area contributed by atoms with Crippen LogP contribution in [-0.4, -0.2) is 12.1 Å². The minimum absolute atomic E-state index is 0.398. The van der Waals surface area contributed by atoms with Gasteiger partial charge in [0.05, 0.1) is 0 Å². The van der Waals surface area contributed by atoms with E-state index in [4.69, 9.17) is 0 Å². The van der Waals surface area contributed by atoms with Crippen molar-refractivity contribution in [1.29, 1.82) is 0 Å². The Morgan fingerprint density at radius 1 is 1.40 bits per heavy atom. The molecule has 58 valence electrons. The van der Waals surface area contributed by atoms with Gasteiger partial charge in [-0.25, -0.2) is 0 Å². The fourth-order valence-corrected chi connectivity index (χ4v) is 0.835. The number of nitrogens with one attached hydrogen (secondary N) is 1. The Morgan fingerprint density at radius 3 is 2.40 bits per heavy atom. The summed E-state index contributed by atoms with van der Waals surface area (Å²) < 4.78 is 0. The molecule has 0 rings (SSSR count). The van der Waals surface area contributed by atoms with Gasteiger partial charge in [0.15, 0.2) is 0 Å². The number of hydrogen-bond donors (Lipinski definition) is 1. The van der Waals surface area contributed by atoms with Gasteiger partial charge < -0.3 is 5.32 Å². The predicted molar refractivity (Wildman–Crippen MR) is 47.1 cm³/mol. The van der Waals surface area contributed by atoms with Gasteiger partial charge in [0.2, 0.25) is 0 Å². The van der Waals surface area contributed by atoms with E-state index in [0.717, 1.165) is 6.42 Å². The van der Waals surface area contributed by atoms with Crippen LogP contribution in [0, 0.1) is 0 Å². The van der Waals surface area contributed by atoms with Crippen molar-refractivity contribution in [2.24, 2.45) is 0 Å². The van der Waals surface area contributed by atoms with Gasteiger partial charge in [0, 0.05) is 12.1 Å². The Hall–Kier alpha value is -0.560. The quantitative estimate of drug-likeness (QED) is 0.575. The summed E-state index contributed by atoms with van der Waals surface area (Å²) in [6.07, 6.45) is 4.84. The van der Waals surface area contributed by atoms with Crippen molar-refractivity contribution in [3.8, 4) is 0 Å². The average molecular weight is 139 g/mol. The normalized spacial score (nSPS) is 15.8. The standard InChI is InChI=1S/C9H17N/c1-5-7-9(4)10-8(3)6-2/h5-6,8-10H,1-2,7H2,3-4H3. The molecule has 0 aliphatic carbocycles. The molecule has 0 aromatic carbocycles. The zero-order valence-corrected chi connectivity index (χ0v) is 6.93. The third-order valence-corrected chi connectivity index (χ3v) is 1.42. The zero-order chi connectivity index (χ0) is 7.98. The van der Waals surface area contributed by atoms with Crippen molar-refractivity contribution in [2.75, 3.05) is 0 Å². The molecule has 10 heavy (non-hydrogen) atoms. The molecule has 0 aliphatic heterocycles. The van der Waals surface area contributed by atoms with Crippen LogP contribution in [0.25, 0.3) is 0 Å². The second kappa shape index (κ2) is 5.24. The summed E-state index contributed by atoms with van der Waals surface area (Å²) in [5.74, 6) is 0. The molecule has 0 saturated carbocycles. The third kappa shape index (κ3) is 4.33. The predicted octanol–water partition coefficient (Wildman–Crippen LogP) is 2.12. The molecule has 0 aromatic heterocycles. The average Bonchev–Trinajstić information content (AvgIpc) is 1.88. The summed E-state index contributed by atoms with van der Waals surface area (Å²) in [6, 6.07) is 0.903. The minimum atomic E-state index is 0.398. The van der Waals surface area contributed by atoms with Gasteiger partial charge in [-0.3, -0.25) is 0 Å². The summed E-state index contributed by atoms with van der Waals surface area (Å²) >= 11 is 0. The molecule has 0 amide bonds. The second-order valence-electron chi connectivity index (χ2n) is 2.62. The van der Waals surface area contributed by atoms with E-state index >= 15 is 0 Å². The lowest BCUT2D eigenvalue weighted by molar-refractivity contribution is 0.521. The van der Waals surface area contributed by atoms with Crippen LogP contribution in [0.1, 0.15) is 20.3 Å². The van der Waals surface area contributed by atoms with E-state index in [1.54, 1.807) is 0 Å². The lowest BCUT2D eigenvalue weighted by atomic mass is 10.2. The van der Waals surface area contributed by atoms with Crippen molar-refractivity contribution in [3.63, 3.8) is 0 Å². The smallest absolute Gasteiger partial charge is 0.0221 e. The number of hydrogen-bond acceptors (Lipinski definition) is 1. The van der Waals surface area contributed by atoms with Gasteiger partial charge in [0.1, 0.15) is 0 Å². The molecule has 0 bridgehead atoms. The Labute approximate surface area is 63.8 Å². The van der Waals surface area contributed by atoms with Crippen molar-refractivity contribution in [2.45, 2.75) is 32.4 Å². The van der Waals surface area contributed by atoms with Crippen LogP contribution in [0.3, 0.4) is 0 Å². The highest BCUT2D eigenvalue weighted by Crippen LogP contribution is 1.93. The zero-order valence-electron chi connectivity index (χ0n) is 6.93. The lowest BCUT2D eigenvalue weighted by Crippen LogP contribution is -2.32. The molecule has 1 N–H and O–H groups in total. The maximum Gasteiger partial charge on any atom is 0.0221 e. The summed E-state index contributed by atoms with van der Waals surface area (Å²) in [4.78, 5) is 0. The first-order valence-electron chi connectivity index (χ1n) is 3.70. The van der Waals surface area contributed by atoms with Crippen LogP contribution in [-0.2, 0) is 0 Å². The van der Waals surface area contributed by atoms with Crippen LogP contribution in [0.15, 0.2) is 25.3 Å². The Kier molecular flexibility index (Phi) is 4.95. The molecular weight excluding hydrogens is 122 g/mol. The van der Waals surface area contributed by atoms with E-state index in [2.05, 4.69) is 32.3 Å². The van der Waals surface area contributed by atoms with E-state index in [9.17, 15) is 0 Å². The lowest BCUT2D eigenvalue weighted by Gasteiger charge is -2.14. The van der Waals surface area contributed by atoms with Crippen LogP contribution in [0.5, 0.6) is 0 Å². The van der Waals surface area contributed by atoms with Gasteiger partial charge in [-0.1, -0.05) is 12.2 Å². The van der Waals surface area contributed by atoms with E-state index < -0.39 is 0 Å². The van der Waals surface area contributed by atoms with Crippen LogP contribution in [0.4, 0.5) is 0 Å². The molecule has 0 saturated heterocycles. The topological polar surface area (TPSA) is 12.0 Å². The van der Waals surface area contributed by atoms with Crippen LogP contribution in [0.2, 0.25) is 0 Å². The van der Waals surface area contributed by atoms with Crippen LogP contribution < -0.4 is 5.32 Å². The highest BCUT2D eigenvalue weighted by atomic mass is 14.9. The van der Waals surface area contributed by atoms with Gasteiger partial charge >= 0.3 is 0 Å². The monoisotopic (exact) mass is 139 g/mol. The molecule has 0 aromatic rings. The van der Waals surface area contributed by atoms with E-state index in [-0.39, 0.29) is 0 Å². The Morgan fingerprint density at radius 2 is 2.00 bits per heavy atom. The molecule has 1 nitrogen and oxygen atoms in total. The maximum atomic E-state index is 3.69. The Balaban J connectivity index is 3.45. The van der Waals surface area contributed by atoms with Crippen molar-refractivity contribution >= 4 is 0 Å². The fourth-order valence-electron chi connectivity index (χ4n) is 0.835. The van der Waals surface area contributed by atoms with E-state index in [1.807, 2.05) is 12.2 Å². The highest BCUT2D eigenvalue weighted by Gasteiger charge is 2.00. The molecule has 0 spiro atoms. The molecule has 2 unspecified atom stereocenters. The molecule has 0 aliphatic rings. The summed E-state index contributed by atoms with van der Waals surface area (Å²) in [6.45, 7) is 11.6. The molecule has 0 radical (unpaired) electrons. The maximum absolute atomic E-state index is 3.69. The SMILES string of the molecule is C=CCC(C)NC(C)C=C. The summed E-state index contributed by atoms with van der Waals surface area (Å²) in [7, 11) is 0. The molecule has 0 heterocycles. The molecule has 1 heteroatoms. The van der Waals surface area contributed by atoms with Crippen molar-refractivity contribution in [3.05, 3.63) is 25.3 Å². The van der Waals surface area contributed by atoms with E-state index in [0.29, 0.717) is 12.1 Å². The third-order valence-electron chi connectivity index (χ3n) is 1.42. The highest BCUT2D eigenvalue weighted by molar-refractivity contribution is 4.85.